The average molecular weight is 217 g/mol. The number of hydrogen-bond donors (Lipinski definition) is 1. The first kappa shape index (κ1) is 13.4. The lowest BCUT2D eigenvalue weighted by molar-refractivity contribution is -0.152. The van der Waals surface area contributed by atoms with Gasteiger partial charge in [0, 0.05) is 13.8 Å². The van der Waals surface area contributed by atoms with Crippen LogP contribution in [0.3, 0.4) is 0 Å². The Morgan fingerprint density at radius 3 is 2.27 bits per heavy atom. The van der Waals surface area contributed by atoms with Gasteiger partial charge in [0.2, 0.25) is 5.91 Å². The first-order chi connectivity index (χ1) is 6.95. The van der Waals surface area contributed by atoms with Crippen LogP contribution in [0.5, 0.6) is 0 Å². The van der Waals surface area contributed by atoms with Crippen LogP contribution in [0, 0.1) is 0 Å². The molecule has 15 heavy (non-hydrogen) atoms. The van der Waals surface area contributed by atoms with Gasteiger partial charge in [-0.1, -0.05) is 0 Å². The van der Waals surface area contributed by atoms with E-state index in [4.69, 9.17) is 4.74 Å². The highest BCUT2D eigenvalue weighted by molar-refractivity contribution is 5.74. The van der Waals surface area contributed by atoms with E-state index in [2.05, 4.69) is 10.1 Å². The van der Waals surface area contributed by atoms with Crippen LogP contribution in [0.25, 0.3) is 0 Å². The van der Waals surface area contributed by atoms with Crippen LogP contribution in [0.1, 0.15) is 20.3 Å². The number of carbonyl (C=O) groups excluding carboxylic acids is 3. The van der Waals surface area contributed by atoms with Crippen molar-refractivity contribution < 1.29 is 23.9 Å². The van der Waals surface area contributed by atoms with E-state index in [9.17, 15) is 14.4 Å². The molecule has 6 nitrogen and oxygen atoms in total. The predicted molar refractivity (Wildman–Crippen MR) is 50.9 cm³/mol. The van der Waals surface area contributed by atoms with Crippen LogP contribution in [-0.4, -0.2) is 37.6 Å². The molecule has 0 radical (unpaired) electrons. The normalized spacial score (nSPS) is 11.4. The van der Waals surface area contributed by atoms with Crippen molar-refractivity contribution in [2.75, 3.05) is 13.7 Å². The van der Waals surface area contributed by atoms with E-state index in [0.717, 1.165) is 0 Å². The maximum atomic E-state index is 10.9. The smallest absolute Gasteiger partial charge is 0.309 e. The lowest BCUT2D eigenvalue weighted by Gasteiger charge is -2.15. The van der Waals surface area contributed by atoms with Gasteiger partial charge in [-0.2, -0.15) is 0 Å². The number of hydrogen-bond acceptors (Lipinski definition) is 5. The summed E-state index contributed by atoms with van der Waals surface area (Å²) in [6, 6.07) is 0. The molecule has 0 heterocycles. The minimum atomic E-state index is -0.682. The molecule has 0 saturated carbocycles. The minimum Gasteiger partial charge on any atom is -0.469 e. The molecule has 0 aliphatic carbocycles. The van der Waals surface area contributed by atoms with Crippen LogP contribution >= 0.6 is 0 Å². The molecule has 0 aromatic rings. The summed E-state index contributed by atoms with van der Waals surface area (Å²) in [6.07, 6.45) is -0.755. The first-order valence-electron chi connectivity index (χ1n) is 4.44. The van der Waals surface area contributed by atoms with E-state index in [1.54, 1.807) is 0 Å². The average Bonchev–Trinajstić information content (AvgIpc) is 2.13. The van der Waals surface area contributed by atoms with Crippen molar-refractivity contribution >= 4 is 17.8 Å². The zero-order valence-electron chi connectivity index (χ0n) is 9.03. The first-order valence-corrected chi connectivity index (χ1v) is 4.44. The molecule has 1 N–H and O–H groups in total. The van der Waals surface area contributed by atoms with Gasteiger partial charge in [-0.3, -0.25) is 14.4 Å². The van der Waals surface area contributed by atoms with Gasteiger partial charge in [0.15, 0.2) is 0 Å². The summed E-state index contributed by atoms with van der Waals surface area (Å²) >= 11 is 0. The van der Waals surface area contributed by atoms with Crippen LogP contribution in [0.4, 0.5) is 0 Å². The largest absolute Gasteiger partial charge is 0.469 e. The van der Waals surface area contributed by atoms with E-state index in [1.807, 2.05) is 0 Å². The van der Waals surface area contributed by atoms with Crippen molar-refractivity contribution in [1.29, 1.82) is 0 Å². The monoisotopic (exact) mass is 217 g/mol. The topological polar surface area (TPSA) is 81.7 Å². The third-order valence-electron chi connectivity index (χ3n) is 1.53. The van der Waals surface area contributed by atoms with Crippen molar-refractivity contribution in [2.24, 2.45) is 0 Å². The van der Waals surface area contributed by atoms with E-state index in [-0.39, 0.29) is 18.9 Å². The van der Waals surface area contributed by atoms with Crippen LogP contribution in [0.15, 0.2) is 0 Å². The molecular formula is C9H15NO5. The Morgan fingerprint density at radius 1 is 1.27 bits per heavy atom. The molecule has 1 unspecified atom stereocenters. The number of methoxy groups -OCH3 is 1. The number of nitrogens with one attached hydrogen (secondary N) is 1. The van der Waals surface area contributed by atoms with Crippen molar-refractivity contribution in [2.45, 2.75) is 26.4 Å². The van der Waals surface area contributed by atoms with Crippen molar-refractivity contribution in [3.8, 4) is 0 Å². The Kier molecular flexibility index (Phi) is 6.08. The molecule has 0 aromatic heterocycles. The quantitative estimate of drug-likeness (QED) is 0.635. The Bertz CT molecular complexity index is 251. The van der Waals surface area contributed by atoms with Gasteiger partial charge < -0.3 is 14.8 Å². The molecule has 0 aromatic carbocycles. The third kappa shape index (κ3) is 7.48. The summed E-state index contributed by atoms with van der Waals surface area (Å²) < 4.78 is 9.24. The molecule has 86 valence electrons. The van der Waals surface area contributed by atoms with Crippen molar-refractivity contribution in [3.05, 3.63) is 0 Å². The number of rotatable bonds is 5. The maximum Gasteiger partial charge on any atom is 0.309 e. The lowest BCUT2D eigenvalue weighted by atomic mass is 10.2. The van der Waals surface area contributed by atoms with Gasteiger partial charge in [-0.05, 0) is 0 Å². The Hall–Kier alpha value is -1.59. The molecule has 0 spiro atoms. The molecule has 0 saturated heterocycles. The second-order valence-corrected chi connectivity index (χ2v) is 2.95. The van der Waals surface area contributed by atoms with Gasteiger partial charge >= 0.3 is 11.9 Å². The molecule has 0 aliphatic rings. The Labute approximate surface area is 87.9 Å². The highest BCUT2D eigenvalue weighted by Gasteiger charge is 2.17. The van der Waals surface area contributed by atoms with Gasteiger partial charge in [0.05, 0.1) is 20.1 Å². The molecule has 0 rings (SSSR count). The number of ether oxygens (including phenoxy) is 2. The fraction of sp³-hybridized carbons (Fsp3) is 0.667. The molecule has 1 amide bonds. The third-order valence-corrected chi connectivity index (χ3v) is 1.53. The fourth-order valence-electron chi connectivity index (χ4n) is 0.917. The molecular weight excluding hydrogens is 202 g/mol. The van der Waals surface area contributed by atoms with E-state index in [0.29, 0.717) is 0 Å². The van der Waals surface area contributed by atoms with E-state index < -0.39 is 18.0 Å². The Balaban J connectivity index is 4.11. The van der Waals surface area contributed by atoms with E-state index in [1.165, 1.54) is 21.0 Å². The van der Waals surface area contributed by atoms with Gasteiger partial charge in [-0.15, -0.1) is 0 Å². The molecule has 0 aliphatic heterocycles. The van der Waals surface area contributed by atoms with Crippen molar-refractivity contribution in [3.63, 3.8) is 0 Å². The van der Waals surface area contributed by atoms with Crippen molar-refractivity contribution in [1.82, 2.24) is 5.32 Å². The van der Waals surface area contributed by atoms with Crippen LogP contribution in [-0.2, 0) is 23.9 Å². The summed E-state index contributed by atoms with van der Waals surface area (Å²) in [6.45, 7) is 2.67. The van der Waals surface area contributed by atoms with Crippen LogP contribution in [0.2, 0.25) is 0 Å². The maximum absolute atomic E-state index is 10.9. The minimum absolute atomic E-state index is 0.0731. The van der Waals surface area contributed by atoms with E-state index >= 15 is 0 Å². The standard InChI is InChI=1S/C9H15NO5/c1-6(11)10-5-8(15-7(2)12)4-9(13)14-3/h8H,4-5H2,1-3H3,(H,10,11). The number of amides is 1. The second kappa shape index (κ2) is 6.80. The zero-order valence-corrected chi connectivity index (χ0v) is 9.03. The summed E-state index contributed by atoms with van der Waals surface area (Å²) in [4.78, 5) is 32.2. The van der Waals surface area contributed by atoms with Crippen LogP contribution < -0.4 is 5.32 Å². The predicted octanol–water partition coefficient (Wildman–Crippen LogP) is -0.383. The van der Waals surface area contributed by atoms with Gasteiger partial charge in [0.25, 0.3) is 0 Å². The SMILES string of the molecule is COC(=O)CC(CNC(C)=O)OC(C)=O. The van der Waals surface area contributed by atoms with Gasteiger partial charge in [-0.25, -0.2) is 0 Å². The highest BCUT2D eigenvalue weighted by Crippen LogP contribution is 2.00. The Morgan fingerprint density at radius 2 is 1.87 bits per heavy atom. The molecule has 1 atom stereocenters. The second-order valence-electron chi connectivity index (χ2n) is 2.95. The summed E-state index contributed by atoms with van der Waals surface area (Å²) in [7, 11) is 1.24. The summed E-state index contributed by atoms with van der Waals surface area (Å²) in [5.74, 6) is -1.25. The molecule has 0 fully saturated rings. The fourth-order valence-corrected chi connectivity index (χ4v) is 0.917. The number of esters is 2. The molecule has 0 bridgehead atoms. The summed E-state index contributed by atoms with van der Waals surface area (Å²) in [5.41, 5.74) is 0. The lowest BCUT2D eigenvalue weighted by Crippen LogP contribution is -2.35. The number of carbonyl (C=O) groups is 3. The summed E-state index contributed by atoms with van der Waals surface area (Å²) in [5, 5.41) is 2.46. The highest BCUT2D eigenvalue weighted by atomic mass is 16.6. The zero-order chi connectivity index (χ0) is 11.8. The van der Waals surface area contributed by atoms with Gasteiger partial charge in [0.1, 0.15) is 6.10 Å². The molecule has 6 heteroatoms.